The second-order valence-corrected chi connectivity index (χ2v) is 6.20. The van der Waals surface area contributed by atoms with Crippen LogP contribution in [0.4, 0.5) is 18.9 Å². The van der Waals surface area contributed by atoms with Crippen LogP contribution in [0.1, 0.15) is 51.5 Å². The van der Waals surface area contributed by atoms with E-state index in [9.17, 15) is 22.8 Å². The molecule has 1 aromatic heterocycles. The largest absolute Gasteiger partial charge is 0.459 e. The molecule has 0 unspecified atom stereocenters. The molecule has 0 spiro atoms. The lowest BCUT2D eigenvalue weighted by Crippen LogP contribution is -2.31. The van der Waals surface area contributed by atoms with E-state index in [4.69, 9.17) is 4.74 Å². The third kappa shape index (κ3) is 4.60. The number of aromatic nitrogens is 1. The van der Waals surface area contributed by atoms with Crippen molar-refractivity contribution in [3.63, 3.8) is 0 Å². The number of benzene rings is 1. The first-order valence-corrected chi connectivity index (χ1v) is 8.15. The number of aromatic amines is 1. The minimum atomic E-state index is -4.57. The van der Waals surface area contributed by atoms with Gasteiger partial charge in [-0.3, -0.25) is 15.6 Å². The Kier molecular flexibility index (Phi) is 5.82. The van der Waals surface area contributed by atoms with Gasteiger partial charge in [0.15, 0.2) is 0 Å². The normalized spacial score (nSPS) is 11.4. The molecule has 9 heteroatoms. The van der Waals surface area contributed by atoms with Gasteiger partial charge in [0.1, 0.15) is 5.69 Å². The van der Waals surface area contributed by atoms with Gasteiger partial charge in [-0.25, -0.2) is 4.79 Å². The monoisotopic (exact) mass is 383 g/mol. The lowest BCUT2D eigenvalue weighted by molar-refractivity contribution is -0.137. The van der Waals surface area contributed by atoms with Crippen LogP contribution in [0.5, 0.6) is 0 Å². The summed E-state index contributed by atoms with van der Waals surface area (Å²) < 4.78 is 44.1. The minimum Gasteiger partial charge on any atom is -0.459 e. The molecule has 0 fully saturated rings. The Balaban J connectivity index is 2.20. The predicted molar refractivity (Wildman–Crippen MR) is 93.4 cm³/mol. The van der Waals surface area contributed by atoms with Gasteiger partial charge in [-0.1, -0.05) is 12.1 Å². The number of hydrogen-bond donors (Lipinski definition) is 3. The number of nitrogens with one attached hydrogen (secondary N) is 3. The van der Waals surface area contributed by atoms with Crippen LogP contribution in [0, 0.1) is 13.8 Å². The Morgan fingerprint density at radius 1 is 1.15 bits per heavy atom. The zero-order valence-corrected chi connectivity index (χ0v) is 15.2. The Labute approximate surface area is 154 Å². The standard InChI is InChI=1S/C18H20F3N3O3/c1-9(2)27-17(26)14-10(3)15(22-11(14)4)16(25)24-23-13-8-6-5-7-12(13)18(19,20)21/h5-9,22-23H,1-4H3,(H,24,25). The molecule has 1 aromatic carbocycles. The minimum absolute atomic E-state index is 0.0557. The summed E-state index contributed by atoms with van der Waals surface area (Å²) in [6, 6.07) is 4.76. The van der Waals surface area contributed by atoms with E-state index in [0.29, 0.717) is 11.3 Å². The maximum Gasteiger partial charge on any atom is 0.418 e. The molecule has 0 saturated heterocycles. The third-order valence-electron chi connectivity index (χ3n) is 3.75. The number of para-hydroxylation sites is 1. The van der Waals surface area contributed by atoms with Crippen molar-refractivity contribution in [2.75, 3.05) is 5.43 Å². The smallest absolute Gasteiger partial charge is 0.418 e. The highest BCUT2D eigenvalue weighted by molar-refractivity contribution is 6.00. The number of carbonyl (C=O) groups is 2. The highest BCUT2D eigenvalue weighted by Crippen LogP contribution is 2.34. The number of H-pyrrole nitrogens is 1. The first-order valence-electron chi connectivity index (χ1n) is 8.15. The number of rotatable bonds is 5. The number of aryl methyl sites for hydroxylation is 1. The Hall–Kier alpha value is -2.97. The van der Waals surface area contributed by atoms with Crippen LogP contribution in [0.15, 0.2) is 24.3 Å². The van der Waals surface area contributed by atoms with Gasteiger partial charge < -0.3 is 9.72 Å². The number of amides is 1. The van der Waals surface area contributed by atoms with Crippen molar-refractivity contribution in [1.82, 2.24) is 10.4 Å². The molecule has 0 aliphatic carbocycles. The van der Waals surface area contributed by atoms with Gasteiger partial charge in [-0.15, -0.1) is 0 Å². The van der Waals surface area contributed by atoms with Crippen LogP contribution >= 0.6 is 0 Å². The quantitative estimate of drug-likeness (QED) is 0.539. The molecule has 146 valence electrons. The molecule has 27 heavy (non-hydrogen) atoms. The average Bonchev–Trinajstić information content (AvgIpc) is 2.86. The number of ether oxygens (including phenoxy) is 1. The second-order valence-electron chi connectivity index (χ2n) is 6.20. The SMILES string of the molecule is Cc1[nH]c(C(=O)NNc2ccccc2C(F)(F)F)c(C)c1C(=O)OC(C)C. The summed E-state index contributed by atoms with van der Waals surface area (Å²) in [6.45, 7) is 6.56. The van der Waals surface area contributed by atoms with Crippen LogP contribution in [0.2, 0.25) is 0 Å². The molecule has 0 aliphatic rings. The number of halogens is 3. The first-order chi connectivity index (χ1) is 12.5. The van der Waals surface area contributed by atoms with E-state index in [-0.39, 0.29) is 23.0 Å². The molecular formula is C18H20F3N3O3. The fourth-order valence-electron chi connectivity index (χ4n) is 2.58. The van der Waals surface area contributed by atoms with Crippen LogP contribution in [0.3, 0.4) is 0 Å². The fourth-order valence-corrected chi connectivity index (χ4v) is 2.58. The molecule has 0 aliphatic heterocycles. The summed E-state index contributed by atoms with van der Waals surface area (Å²) in [5.41, 5.74) is 4.35. The van der Waals surface area contributed by atoms with Crippen molar-refractivity contribution in [1.29, 1.82) is 0 Å². The first kappa shape index (κ1) is 20.3. The van der Waals surface area contributed by atoms with E-state index in [0.717, 1.165) is 6.07 Å². The van der Waals surface area contributed by atoms with E-state index in [1.165, 1.54) is 18.2 Å². The van der Waals surface area contributed by atoms with Gasteiger partial charge in [0, 0.05) is 5.69 Å². The number of anilines is 1. The van der Waals surface area contributed by atoms with Crippen LogP contribution in [-0.4, -0.2) is 23.0 Å². The predicted octanol–water partition coefficient (Wildman–Crippen LogP) is 3.97. The van der Waals surface area contributed by atoms with Gasteiger partial charge in [0.2, 0.25) is 0 Å². The van der Waals surface area contributed by atoms with Crippen molar-refractivity contribution >= 4 is 17.6 Å². The van der Waals surface area contributed by atoms with Crippen LogP contribution in [0.25, 0.3) is 0 Å². The third-order valence-corrected chi connectivity index (χ3v) is 3.75. The summed E-state index contributed by atoms with van der Waals surface area (Å²) in [5, 5.41) is 0. The summed E-state index contributed by atoms with van der Waals surface area (Å²) in [5.74, 6) is -1.29. The number of carbonyl (C=O) groups excluding carboxylic acids is 2. The second kappa shape index (κ2) is 7.73. The Bertz CT molecular complexity index is 857. The van der Waals surface area contributed by atoms with Gasteiger partial charge in [-0.2, -0.15) is 13.2 Å². The summed E-state index contributed by atoms with van der Waals surface area (Å²) in [7, 11) is 0. The highest BCUT2D eigenvalue weighted by Gasteiger charge is 2.33. The maximum atomic E-state index is 13.0. The van der Waals surface area contributed by atoms with E-state index in [1.807, 2.05) is 0 Å². The van der Waals surface area contributed by atoms with Crippen molar-refractivity contribution in [3.05, 3.63) is 52.3 Å². The van der Waals surface area contributed by atoms with E-state index in [2.05, 4.69) is 15.8 Å². The van der Waals surface area contributed by atoms with Gasteiger partial charge in [-0.05, 0) is 45.4 Å². The molecule has 0 bridgehead atoms. The molecule has 6 nitrogen and oxygen atoms in total. The van der Waals surface area contributed by atoms with Crippen molar-refractivity contribution in [2.24, 2.45) is 0 Å². The fraction of sp³-hybridized carbons (Fsp3) is 0.333. The summed E-state index contributed by atoms with van der Waals surface area (Å²) >= 11 is 0. The molecule has 0 saturated carbocycles. The lowest BCUT2D eigenvalue weighted by Gasteiger charge is -2.14. The Morgan fingerprint density at radius 2 is 1.78 bits per heavy atom. The van der Waals surface area contributed by atoms with Crippen molar-refractivity contribution < 1.29 is 27.5 Å². The van der Waals surface area contributed by atoms with Gasteiger partial charge >= 0.3 is 12.1 Å². The van der Waals surface area contributed by atoms with Crippen molar-refractivity contribution in [3.8, 4) is 0 Å². The zero-order valence-electron chi connectivity index (χ0n) is 15.2. The number of alkyl halides is 3. The topological polar surface area (TPSA) is 83.2 Å². The molecule has 1 heterocycles. The highest BCUT2D eigenvalue weighted by atomic mass is 19.4. The summed E-state index contributed by atoms with van der Waals surface area (Å²) in [6.07, 6.45) is -4.90. The average molecular weight is 383 g/mol. The molecule has 2 rings (SSSR count). The van der Waals surface area contributed by atoms with Crippen LogP contribution < -0.4 is 10.9 Å². The molecule has 1 amide bonds. The molecule has 0 radical (unpaired) electrons. The van der Waals surface area contributed by atoms with Crippen molar-refractivity contribution in [2.45, 2.75) is 40.0 Å². The molecular weight excluding hydrogens is 363 g/mol. The number of hydrogen-bond acceptors (Lipinski definition) is 4. The van der Waals surface area contributed by atoms with Crippen LogP contribution in [-0.2, 0) is 10.9 Å². The lowest BCUT2D eigenvalue weighted by atomic mass is 10.1. The zero-order chi connectivity index (χ0) is 20.4. The Morgan fingerprint density at radius 3 is 2.37 bits per heavy atom. The number of esters is 1. The number of hydrazine groups is 1. The van der Waals surface area contributed by atoms with E-state index in [1.54, 1.807) is 27.7 Å². The summed E-state index contributed by atoms with van der Waals surface area (Å²) in [4.78, 5) is 27.3. The maximum absolute atomic E-state index is 13.0. The van der Waals surface area contributed by atoms with Gasteiger partial charge in [0.05, 0.1) is 22.9 Å². The molecule has 0 atom stereocenters. The molecule has 3 N–H and O–H groups in total. The van der Waals surface area contributed by atoms with E-state index >= 15 is 0 Å². The molecule has 2 aromatic rings. The van der Waals surface area contributed by atoms with E-state index < -0.39 is 23.6 Å². The van der Waals surface area contributed by atoms with Gasteiger partial charge in [0.25, 0.3) is 5.91 Å².